The number of carbonyl (C=O) groups is 6. The summed E-state index contributed by atoms with van der Waals surface area (Å²) >= 11 is 0. The minimum absolute atomic E-state index is 0.0440. The largest absolute Gasteiger partial charge is 0.460 e. The Morgan fingerprint density at radius 1 is 0.804 bits per heavy atom. The minimum atomic E-state index is -1.48. The van der Waals surface area contributed by atoms with Crippen molar-refractivity contribution in [3.05, 3.63) is 35.9 Å². The number of hydrogen-bond donors (Lipinski definition) is 6. The molecular formula is C33H51N5O8. The molecule has 5 amide bonds. The van der Waals surface area contributed by atoms with Crippen molar-refractivity contribution >= 4 is 35.5 Å². The third kappa shape index (κ3) is 12.1. The molecule has 6 N–H and O–H groups in total. The normalized spacial score (nSPS) is 25.8. The van der Waals surface area contributed by atoms with Gasteiger partial charge in [-0.05, 0) is 30.7 Å². The first-order valence-electron chi connectivity index (χ1n) is 16.2. The molecule has 13 nitrogen and oxygen atoms in total. The van der Waals surface area contributed by atoms with Gasteiger partial charge in [0.05, 0.1) is 19.1 Å². The van der Waals surface area contributed by atoms with E-state index in [1.54, 1.807) is 51.1 Å². The molecule has 1 aromatic carbocycles. The summed E-state index contributed by atoms with van der Waals surface area (Å²) in [6.45, 7) is 9.89. The SMILES string of the molecule is CCCCC1CC(=O)NCC(=O)NC(C(C)C)C(=O)NC(Cc2ccccc2)C(=O)NC(C(C)O)C(=O)NC(C(C)CC)C(=O)O1. The van der Waals surface area contributed by atoms with Crippen LogP contribution < -0.4 is 26.6 Å². The summed E-state index contributed by atoms with van der Waals surface area (Å²) in [5, 5.41) is 23.6. The van der Waals surface area contributed by atoms with Gasteiger partial charge in [0.2, 0.25) is 29.5 Å². The van der Waals surface area contributed by atoms with Gasteiger partial charge in [0.1, 0.15) is 30.3 Å². The Morgan fingerprint density at radius 3 is 2.02 bits per heavy atom. The molecule has 256 valence electrons. The molecule has 1 saturated heterocycles. The fourth-order valence-corrected chi connectivity index (χ4v) is 4.98. The molecule has 7 unspecified atom stereocenters. The standard InChI is InChI=1S/C33H51N5O8/c1-7-9-15-23-17-25(40)34-18-26(41)36-27(19(3)4)31(43)35-24(16-22-13-11-10-12-14-22)30(42)38-29(21(6)39)32(44)37-28(20(5)8-2)33(45)46-23/h10-14,19-21,23-24,27-29,39H,7-9,15-18H2,1-6H3,(H,34,40)(H,35,43)(H,36,41)(H,37,44)(H,38,42). The average molecular weight is 646 g/mol. The van der Waals surface area contributed by atoms with Gasteiger partial charge >= 0.3 is 5.97 Å². The van der Waals surface area contributed by atoms with Crippen molar-refractivity contribution in [1.29, 1.82) is 0 Å². The Hall–Kier alpha value is -4.00. The number of benzene rings is 1. The van der Waals surface area contributed by atoms with Gasteiger partial charge in [-0.3, -0.25) is 24.0 Å². The monoisotopic (exact) mass is 645 g/mol. The number of carbonyl (C=O) groups excluding carboxylic acids is 6. The Kier molecular flexibility index (Phi) is 15.6. The van der Waals surface area contributed by atoms with Gasteiger partial charge in [-0.25, -0.2) is 4.79 Å². The highest BCUT2D eigenvalue weighted by molar-refractivity contribution is 5.96. The van der Waals surface area contributed by atoms with E-state index in [2.05, 4.69) is 26.6 Å². The van der Waals surface area contributed by atoms with Crippen molar-refractivity contribution in [2.24, 2.45) is 11.8 Å². The van der Waals surface area contributed by atoms with Crippen molar-refractivity contribution in [2.45, 2.75) is 116 Å². The van der Waals surface area contributed by atoms with E-state index in [1.165, 1.54) is 6.92 Å². The van der Waals surface area contributed by atoms with Crippen LogP contribution in [0.25, 0.3) is 0 Å². The fourth-order valence-electron chi connectivity index (χ4n) is 4.98. The first-order chi connectivity index (χ1) is 21.8. The van der Waals surface area contributed by atoms with E-state index in [0.717, 1.165) is 6.42 Å². The molecule has 0 aliphatic carbocycles. The number of unbranched alkanes of at least 4 members (excludes halogenated alkanes) is 1. The summed E-state index contributed by atoms with van der Waals surface area (Å²) in [5.74, 6) is -4.88. The van der Waals surface area contributed by atoms with Crippen LogP contribution in [-0.4, -0.2) is 83.5 Å². The molecule has 1 heterocycles. The molecule has 0 bridgehead atoms. The van der Waals surface area contributed by atoms with Crippen molar-refractivity contribution in [1.82, 2.24) is 26.6 Å². The number of cyclic esters (lactones) is 1. The molecule has 1 aromatic rings. The Morgan fingerprint density at radius 2 is 1.43 bits per heavy atom. The van der Waals surface area contributed by atoms with Crippen LogP contribution in [0.1, 0.15) is 79.2 Å². The molecule has 1 aliphatic rings. The van der Waals surface area contributed by atoms with Gasteiger partial charge in [0.25, 0.3) is 0 Å². The zero-order valence-electron chi connectivity index (χ0n) is 27.8. The Labute approximate surface area is 271 Å². The van der Waals surface area contributed by atoms with Gasteiger partial charge < -0.3 is 36.4 Å². The summed E-state index contributed by atoms with van der Waals surface area (Å²) in [6.07, 6.45) is -0.0354. The lowest BCUT2D eigenvalue weighted by molar-refractivity contribution is -0.156. The zero-order valence-corrected chi connectivity index (χ0v) is 27.8. The summed E-state index contributed by atoms with van der Waals surface area (Å²) in [5.41, 5.74) is 0.712. The van der Waals surface area contributed by atoms with E-state index < -0.39 is 84.3 Å². The molecule has 1 fully saturated rings. The third-order valence-corrected chi connectivity index (χ3v) is 8.03. The molecular weight excluding hydrogens is 594 g/mol. The Bertz CT molecular complexity index is 1190. The van der Waals surface area contributed by atoms with Crippen LogP contribution in [-0.2, 0) is 39.9 Å². The lowest BCUT2D eigenvalue weighted by Gasteiger charge is -2.29. The quantitative estimate of drug-likeness (QED) is 0.213. The van der Waals surface area contributed by atoms with E-state index in [1.807, 2.05) is 13.8 Å². The first kappa shape index (κ1) is 38.2. The van der Waals surface area contributed by atoms with Crippen molar-refractivity contribution < 1.29 is 38.6 Å². The fraction of sp³-hybridized carbons (Fsp3) is 0.636. The summed E-state index contributed by atoms with van der Waals surface area (Å²) in [6, 6.07) is 4.03. The lowest BCUT2D eigenvalue weighted by Crippen LogP contribution is -2.61. The third-order valence-electron chi connectivity index (χ3n) is 8.03. The van der Waals surface area contributed by atoms with Crippen LogP contribution in [0.5, 0.6) is 0 Å². The molecule has 7 atom stereocenters. The highest BCUT2D eigenvalue weighted by Gasteiger charge is 2.36. The maximum atomic E-state index is 13.7. The molecule has 2 rings (SSSR count). The van der Waals surface area contributed by atoms with Crippen LogP contribution in [0.4, 0.5) is 0 Å². The second-order valence-corrected chi connectivity index (χ2v) is 12.3. The van der Waals surface area contributed by atoms with Gasteiger partial charge in [-0.2, -0.15) is 0 Å². The summed E-state index contributed by atoms with van der Waals surface area (Å²) in [7, 11) is 0. The second-order valence-electron chi connectivity index (χ2n) is 12.3. The Balaban J connectivity index is 2.52. The first-order valence-corrected chi connectivity index (χ1v) is 16.2. The average Bonchev–Trinajstić information content (AvgIpc) is 3.01. The van der Waals surface area contributed by atoms with Crippen LogP contribution in [0, 0.1) is 11.8 Å². The zero-order chi connectivity index (χ0) is 34.4. The van der Waals surface area contributed by atoms with E-state index in [0.29, 0.717) is 24.8 Å². The van der Waals surface area contributed by atoms with Crippen molar-refractivity contribution in [3.8, 4) is 0 Å². The number of nitrogens with one attached hydrogen (secondary N) is 5. The van der Waals surface area contributed by atoms with Gasteiger partial charge in [-0.15, -0.1) is 0 Å². The molecule has 1 aliphatic heterocycles. The number of aliphatic hydroxyl groups is 1. The highest BCUT2D eigenvalue weighted by atomic mass is 16.5. The predicted molar refractivity (Wildman–Crippen MR) is 171 cm³/mol. The van der Waals surface area contributed by atoms with Crippen molar-refractivity contribution in [3.63, 3.8) is 0 Å². The summed E-state index contributed by atoms with van der Waals surface area (Å²) in [4.78, 5) is 79.8. The van der Waals surface area contributed by atoms with Crippen LogP contribution in [0.2, 0.25) is 0 Å². The molecule has 0 saturated carbocycles. The second kappa shape index (κ2) is 18.8. The van der Waals surface area contributed by atoms with E-state index in [-0.39, 0.29) is 18.8 Å². The molecule has 46 heavy (non-hydrogen) atoms. The van der Waals surface area contributed by atoms with Crippen LogP contribution in [0.15, 0.2) is 30.3 Å². The van der Waals surface area contributed by atoms with Gasteiger partial charge in [-0.1, -0.05) is 84.2 Å². The molecule has 0 radical (unpaired) electrons. The number of ether oxygens (including phenoxy) is 1. The van der Waals surface area contributed by atoms with E-state index in [4.69, 9.17) is 4.74 Å². The van der Waals surface area contributed by atoms with Gasteiger partial charge in [0.15, 0.2) is 0 Å². The number of hydrogen-bond acceptors (Lipinski definition) is 8. The predicted octanol–water partition coefficient (Wildman–Crippen LogP) is 0.873. The molecule has 0 aromatic heterocycles. The topological polar surface area (TPSA) is 192 Å². The van der Waals surface area contributed by atoms with Gasteiger partial charge in [0, 0.05) is 6.42 Å². The van der Waals surface area contributed by atoms with Crippen LogP contribution >= 0.6 is 0 Å². The lowest BCUT2D eigenvalue weighted by atomic mass is 9.98. The maximum Gasteiger partial charge on any atom is 0.329 e. The molecule has 13 heteroatoms. The smallest absolute Gasteiger partial charge is 0.329 e. The molecule has 0 spiro atoms. The number of rotatable bonds is 9. The minimum Gasteiger partial charge on any atom is -0.460 e. The number of amides is 5. The maximum absolute atomic E-state index is 13.7. The van der Waals surface area contributed by atoms with E-state index in [9.17, 15) is 33.9 Å². The summed E-state index contributed by atoms with van der Waals surface area (Å²) < 4.78 is 5.74. The van der Waals surface area contributed by atoms with Crippen LogP contribution in [0.3, 0.4) is 0 Å². The highest BCUT2D eigenvalue weighted by Crippen LogP contribution is 2.16. The van der Waals surface area contributed by atoms with Crippen molar-refractivity contribution in [2.75, 3.05) is 6.54 Å². The number of aliphatic hydroxyl groups excluding tert-OH is 1. The van der Waals surface area contributed by atoms with E-state index >= 15 is 0 Å². The number of esters is 1.